The normalized spacial score (nSPS) is 18.1. The highest BCUT2D eigenvalue weighted by molar-refractivity contribution is 5.94. The molecule has 10 nitrogen and oxygen atoms in total. The average Bonchev–Trinajstić information content (AvgIpc) is 2.87. The second-order valence-electron chi connectivity index (χ2n) is 10.2. The molecule has 2 rings (SSSR count). The summed E-state index contributed by atoms with van der Waals surface area (Å²) >= 11 is 0. The fourth-order valence-corrected chi connectivity index (χ4v) is 4.62. The van der Waals surface area contributed by atoms with Crippen molar-refractivity contribution < 1.29 is 24.3 Å². The Morgan fingerprint density at radius 3 is 2.32 bits per heavy atom. The summed E-state index contributed by atoms with van der Waals surface area (Å²) in [5.74, 6) is -2.29. The molecule has 1 aliphatic rings. The number of likely N-dealkylation sites (tertiary alicyclic amines) is 1. The zero-order chi connectivity index (χ0) is 27.4. The van der Waals surface area contributed by atoms with Crippen LogP contribution in [0.4, 0.5) is 0 Å². The molecule has 0 spiro atoms. The standard InChI is InChI=1S/C27H43N5O5/c1-18(2)16-22(31-24(33)20(29)17-19-10-4-3-5-11-19)25(34)30-21(12-6-8-14-28)26(35)32-15-9-7-13-23(32)27(36)37/h3-5,10-11,18,20-23H,6-9,12-17,28-29H2,1-2H3,(H,30,34)(H,31,33)(H,36,37)/t20-,21-,22-,23+/m1/s1. The SMILES string of the molecule is CC(C)C[C@@H](NC(=O)[C@H](N)Cc1ccccc1)C(=O)N[C@H](CCCCN)C(=O)N1CCCC[C@H]1C(=O)O. The number of piperidine rings is 1. The van der Waals surface area contributed by atoms with Crippen molar-refractivity contribution in [2.75, 3.05) is 13.1 Å². The van der Waals surface area contributed by atoms with E-state index in [0.717, 1.165) is 12.0 Å². The number of hydrogen-bond acceptors (Lipinski definition) is 6. The Morgan fingerprint density at radius 2 is 1.70 bits per heavy atom. The smallest absolute Gasteiger partial charge is 0.326 e. The van der Waals surface area contributed by atoms with Crippen molar-refractivity contribution in [3.05, 3.63) is 35.9 Å². The Labute approximate surface area is 219 Å². The van der Waals surface area contributed by atoms with Crippen LogP contribution in [-0.4, -0.2) is 71.0 Å². The summed E-state index contributed by atoms with van der Waals surface area (Å²) in [4.78, 5) is 52.8. The zero-order valence-corrected chi connectivity index (χ0v) is 22.0. The monoisotopic (exact) mass is 517 g/mol. The van der Waals surface area contributed by atoms with E-state index in [2.05, 4.69) is 10.6 Å². The van der Waals surface area contributed by atoms with Crippen LogP contribution < -0.4 is 22.1 Å². The minimum absolute atomic E-state index is 0.0891. The Kier molecular flexibility index (Phi) is 12.5. The summed E-state index contributed by atoms with van der Waals surface area (Å²) in [5.41, 5.74) is 12.7. The van der Waals surface area contributed by atoms with Crippen LogP contribution in [0.3, 0.4) is 0 Å². The van der Waals surface area contributed by atoms with Crippen LogP contribution in [0.15, 0.2) is 30.3 Å². The number of carbonyl (C=O) groups excluding carboxylic acids is 3. The van der Waals surface area contributed by atoms with Gasteiger partial charge in [0.25, 0.3) is 0 Å². The molecule has 1 fully saturated rings. The second-order valence-corrected chi connectivity index (χ2v) is 10.2. The lowest BCUT2D eigenvalue weighted by atomic mass is 9.98. The topological polar surface area (TPSA) is 168 Å². The Morgan fingerprint density at radius 1 is 1.03 bits per heavy atom. The summed E-state index contributed by atoms with van der Waals surface area (Å²) in [6.45, 7) is 4.65. The maximum atomic E-state index is 13.4. The molecule has 0 bridgehead atoms. The molecule has 0 aromatic heterocycles. The Bertz CT molecular complexity index is 894. The van der Waals surface area contributed by atoms with Crippen LogP contribution in [0, 0.1) is 5.92 Å². The van der Waals surface area contributed by atoms with Crippen molar-refractivity contribution in [2.45, 2.75) is 89.4 Å². The minimum Gasteiger partial charge on any atom is -0.480 e. The van der Waals surface area contributed by atoms with E-state index in [0.29, 0.717) is 58.0 Å². The average molecular weight is 518 g/mol. The first kappa shape index (κ1) is 30.2. The third-order valence-corrected chi connectivity index (χ3v) is 6.61. The molecule has 1 aromatic rings. The van der Waals surface area contributed by atoms with Crippen LogP contribution in [-0.2, 0) is 25.6 Å². The van der Waals surface area contributed by atoms with Crippen molar-refractivity contribution in [3.63, 3.8) is 0 Å². The highest BCUT2D eigenvalue weighted by Gasteiger charge is 2.37. The van der Waals surface area contributed by atoms with Gasteiger partial charge in [-0.1, -0.05) is 44.2 Å². The van der Waals surface area contributed by atoms with Gasteiger partial charge >= 0.3 is 5.97 Å². The number of benzene rings is 1. The molecule has 1 aliphatic heterocycles. The molecule has 206 valence electrons. The van der Waals surface area contributed by atoms with Gasteiger partial charge in [-0.05, 0) is 69.4 Å². The van der Waals surface area contributed by atoms with Gasteiger partial charge in [-0.15, -0.1) is 0 Å². The fraction of sp³-hybridized carbons (Fsp3) is 0.630. The predicted molar refractivity (Wildman–Crippen MR) is 141 cm³/mol. The molecule has 0 saturated carbocycles. The molecule has 4 atom stereocenters. The number of nitrogens with two attached hydrogens (primary N) is 2. The Balaban J connectivity index is 2.14. The molecular formula is C27H43N5O5. The summed E-state index contributed by atoms with van der Waals surface area (Å²) in [6.07, 6.45) is 4.12. The van der Waals surface area contributed by atoms with E-state index in [1.54, 1.807) is 0 Å². The first-order valence-electron chi connectivity index (χ1n) is 13.3. The van der Waals surface area contributed by atoms with Crippen LogP contribution in [0.5, 0.6) is 0 Å². The van der Waals surface area contributed by atoms with Gasteiger partial charge in [-0.25, -0.2) is 4.79 Å². The fourth-order valence-electron chi connectivity index (χ4n) is 4.62. The van der Waals surface area contributed by atoms with Gasteiger partial charge in [0.15, 0.2) is 0 Å². The van der Waals surface area contributed by atoms with E-state index in [1.807, 2.05) is 44.2 Å². The summed E-state index contributed by atoms with van der Waals surface area (Å²) < 4.78 is 0. The lowest BCUT2D eigenvalue weighted by Crippen LogP contribution is -2.59. The van der Waals surface area contributed by atoms with Crippen molar-refractivity contribution in [1.82, 2.24) is 15.5 Å². The molecule has 0 radical (unpaired) electrons. The Hall–Kier alpha value is -2.98. The number of carbonyl (C=O) groups is 4. The molecule has 1 heterocycles. The largest absolute Gasteiger partial charge is 0.480 e. The number of unbranched alkanes of at least 4 members (excludes halogenated alkanes) is 1. The summed E-state index contributed by atoms with van der Waals surface area (Å²) in [7, 11) is 0. The molecule has 0 unspecified atom stereocenters. The van der Waals surface area contributed by atoms with Crippen molar-refractivity contribution in [2.24, 2.45) is 17.4 Å². The van der Waals surface area contributed by atoms with E-state index in [1.165, 1.54) is 4.90 Å². The van der Waals surface area contributed by atoms with Crippen molar-refractivity contribution in [1.29, 1.82) is 0 Å². The highest BCUT2D eigenvalue weighted by atomic mass is 16.4. The van der Waals surface area contributed by atoms with E-state index in [9.17, 15) is 24.3 Å². The van der Waals surface area contributed by atoms with Crippen molar-refractivity contribution in [3.8, 4) is 0 Å². The first-order chi connectivity index (χ1) is 17.6. The number of hydrogen-bond donors (Lipinski definition) is 5. The number of aliphatic carboxylic acids is 1. The lowest BCUT2D eigenvalue weighted by Gasteiger charge is -2.36. The molecule has 10 heteroatoms. The molecule has 3 amide bonds. The van der Waals surface area contributed by atoms with Gasteiger partial charge in [-0.3, -0.25) is 14.4 Å². The van der Waals surface area contributed by atoms with Gasteiger partial charge in [-0.2, -0.15) is 0 Å². The van der Waals surface area contributed by atoms with Gasteiger partial charge in [0.1, 0.15) is 18.1 Å². The second kappa shape index (κ2) is 15.3. The van der Waals surface area contributed by atoms with Gasteiger partial charge in [0, 0.05) is 6.54 Å². The first-order valence-corrected chi connectivity index (χ1v) is 13.3. The molecule has 7 N–H and O–H groups in total. The van der Waals surface area contributed by atoms with Gasteiger partial charge in [0.05, 0.1) is 6.04 Å². The molecule has 37 heavy (non-hydrogen) atoms. The van der Waals surface area contributed by atoms with Crippen molar-refractivity contribution >= 4 is 23.7 Å². The van der Waals surface area contributed by atoms with Crippen LogP contribution in [0.2, 0.25) is 0 Å². The summed E-state index contributed by atoms with van der Waals surface area (Å²) in [5, 5.41) is 15.2. The molecule has 1 saturated heterocycles. The van der Waals surface area contributed by atoms with Gasteiger partial charge in [0.2, 0.25) is 17.7 Å². The van der Waals surface area contributed by atoms with E-state index in [-0.39, 0.29) is 5.92 Å². The number of rotatable bonds is 14. The third kappa shape index (κ3) is 9.77. The molecule has 0 aliphatic carbocycles. The minimum atomic E-state index is -1.04. The van der Waals surface area contributed by atoms with Crippen LogP contribution >= 0.6 is 0 Å². The number of amides is 3. The third-order valence-electron chi connectivity index (χ3n) is 6.61. The van der Waals surface area contributed by atoms with E-state index in [4.69, 9.17) is 11.5 Å². The maximum absolute atomic E-state index is 13.4. The quantitative estimate of drug-likeness (QED) is 0.231. The number of carboxylic acid groups (broad SMARTS) is 1. The van der Waals surface area contributed by atoms with E-state index >= 15 is 0 Å². The number of nitrogens with zero attached hydrogens (tertiary/aromatic N) is 1. The number of nitrogens with one attached hydrogen (secondary N) is 2. The number of carboxylic acids is 1. The lowest BCUT2D eigenvalue weighted by molar-refractivity contribution is -0.153. The van der Waals surface area contributed by atoms with Crippen LogP contribution in [0.1, 0.15) is 64.4 Å². The highest BCUT2D eigenvalue weighted by Crippen LogP contribution is 2.20. The van der Waals surface area contributed by atoms with E-state index < -0.39 is 47.9 Å². The van der Waals surface area contributed by atoms with Crippen LogP contribution in [0.25, 0.3) is 0 Å². The zero-order valence-electron chi connectivity index (χ0n) is 22.0. The molecular weight excluding hydrogens is 474 g/mol. The summed E-state index contributed by atoms with van der Waals surface area (Å²) in [6, 6.07) is 5.86. The predicted octanol–water partition coefficient (Wildman–Crippen LogP) is 1.17. The maximum Gasteiger partial charge on any atom is 0.326 e. The van der Waals surface area contributed by atoms with Gasteiger partial charge < -0.3 is 32.1 Å². The molecule has 1 aromatic carbocycles.